The fourth-order valence-corrected chi connectivity index (χ4v) is 6.74. The second kappa shape index (κ2) is 5.40. The maximum atomic E-state index is 12.6. The first-order valence-corrected chi connectivity index (χ1v) is 9.55. The molecule has 6 atom stereocenters. The molecule has 4 heteroatoms. The zero-order valence-corrected chi connectivity index (χ0v) is 15.1. The van der Waals surface area contributed by atoms with Crippen LogP contribution in [0.2, 0.25) is 0 Å². The first-order chi connectivity index (χ1) is 11.4. The summed E-state index contributed by atoms with van der Waals surface area (Å²) in [6.45, 7) is 4.59. The number of hydrogen-bond acceptors (Lipinski definition) is 4. The number of hydrogen-bond donors (Lipinski definition) is 0. The van der Waals surface area contributed by atoms with Crippen LogP contribution in [0.5, 0.6) is 0 Å². The first kappa shape index (κ1) is 16.3. The topological polar surface area (TPSA) is 55.7 Å². The summed E-state index contributed by atoms with van der Waals surface area (Å²) in [6.07, 6.45) is 7.13. The van der Waals surface area contributed by atoms with Crippen LogP contribution >= 0.6 is 0 Å². The predicted molar refractivity (Wildman–Crippen MR) is 91.6 cm³/mol. The van der Waals surface area contributed by atoms with Crippen molar-refractivity contribution >= 4 is 17.3 Å². The highest BCUT2D eigenvalue weighted by Gasteiger charge is 2.62. The van der Waals surface area contributed by atoms with Crippen LogP contribution in [-0.4, -0.2) is 24.4 Å². The molecular formula is C20H29NO3. The van der Waals surface area contributed by atoms with Crippen molar-refractivity contribution in [1.29, 1.82) is 0 Å². The Morgan fingerprint density at radius 3 is 2.58 bits per heavy atom. The third-order valence-corrected chi connectivity index (χ3v) is 8.22. The van der Waals surface area contributed by atoms with Crippen LogP contribution in [0.25, 0.3) is 0 Å². The number of Topliss-reactive ketones (excluding diaryl/α,β-unsaturated/α-hetero) is 2. The van der Waals surface area contributed by atoms with E-state index in [1.54, 1.807) is 7.11 Å². The first-order valence-electron chi connectivity index (χ1n) is 9.55. The smallest absolute Gasteiger partial charge is 0.139 e. The SMILES string of the molecule is CON=C1C[C@H]2CC(=O)CC[C@]2(C)[C@H]2CC[C@]3(C)C(=O)CC[C@H]3[C@H]12. The van der Waals surface area contributed by atoms with Crippen molar-refractivity contribution in [3.05, 3.63) is 0 Å². The molecule has 0 aliphatic heterocycles. The molecule has 0 spiro atoms. The standard InChI is InChI=1S/C20H29NO3/c1-19-8-6-13(22)10-12(19)11-16(21-24-3)18-14-4-5-17(23)20(14,2)9-7-15(18)19/h12,14-15,18H,4-11H2,1-3H3/t12-,14+,15+,18+,19+,20+/m1/s1. The normalized spacial score (nSPS) is 49.5. The van der Waals surface area contributed by atoms with E-state index in [9.17, 15) is 9.59 Å². The van der Waals surface area contributed by atoms with Gasteiger partial charge in [0.2, 0.25) is 0 Å². The third kappa shape index (κ3) is 2.07. The molecular weight excluding hydrogens is 302 g/mol. The van der Waals surface area contributed by atoms with Gasteiger partial charge in [-0.05, 0) is 55.3 Å². The molecule has 24 heavy (non-hydrogen) atoms. The second-order valence-electron chi connectivity index (χ2n) is 9.07. The van der Waals surface area contributed by atoms with Gasteiger partial charge in [0.1, 0.15) is 18.7 Å². The van der Waals surface area contributed by atoms with Crippen molar-refractivity contribution in [2.75, 3.05) is 7.11 Å². The van der Waals surface area contributed by atoms with E-state index in [4.69, 9.17) is 4.84 Å². The third-order valence-electron chi connectivity index (χ3n) is 8.22. The monoisotopic (exact) mass is 331 g/mol. The molecule has 4 fully saturated rings. The molecule has 0 aromatic heterocycles. The van der Waals surface area contributed by atoms with E-state index >= 15 is 0 Å². The molecule has 132 valence electrons. The average Bonchev–Trinajstić information content (AvgIpc) is 2.85. The van der Waals surface area contributed by atoms with E-state index in [-0.39, 0.29) is 10.8 Å². The summed E-state index contributed by atoms with van der Waals surface area (Å²) in [5.41, 5.74) is 1.19. The lowest BCUT2D eigenvalue weighted by atomic mass is 9.45. The molecule has 4 saturated carbocycles. The Balaban J connectivity index is 1.76. The number of oxime groups is 1. The Bertz CT molecular complexity index is 612. The zero-order valence-electron chi connectivity index (χ0n) is 15.1. The Kier molecular flexibility index (Phi) is 3.67. The minimum atomic E-state index is -0.163. The fourth-order valence-electron chi connectivity index (χ4n) is 6.74. The van der Waals surface area contributed by atoms with E-state index in [2.05, 4.69) is 19.0 Å². The summed E-state index contributed by atoms with van der Waals surface area (Å²) in [5.74, 6) is 2.58. The Morgan fingerprint density at radius 2 is 1.83 bits per heavy atom. The molecule has 0 N–H and O–H groups in total. The number of fused-ring (bicyclic) bond motifs is 5. The quantitative estimate of drug-likeness (QED) is 0.687. The molecule has 4 aliphatic rings. The van der Waals surface area contributed by atoms with Crippen LogP contribution in [0.15, 0.2) is 5.16 Å². The van der Waals surface area contributed by atoms with E-state index in [0.717, 1.165) is 50.7 Å². The highest BCUT2D eigenvalue weighted by Crippen LogP contribution is 2.64. The minimum absolute atomic E-state index is 0.163. The van der Waals surface area contributed by atoms with Gasteiger partial charge in [-0.1, -0.05) is 19.0 Å². The molecule has 0 heterocycles. The van der Waals surface area contributed by atoms with E-state index in [1.165, 1.54) is 0 Å². The van der Waals surface area contributed by atoms with Gasteiger partial charge in [0, 0.05) is 30.6 Å². The lowest BCUT2D eigenvalue weighted by Gasteiger charge is -2.59. The van der Waals surface area contributed by atoms with Crippen molar-refractivity contribution in [2.45, 2.75) is 65.2 Å². The van der Waals surface area contributed by atoms with Crippen LogP contribution in [0, 0.1) is 34.5 Å². The van der Waals surface area contributed by atoms with Gasteiger partial charge in [-0.15, -0.1) is 0 Å². The van der Waals surface area contributed by atoms with Gasteiger partial charge in [0.05, 0.1) is 5.71 Å². The van der Waals surface area contributed by atoms with E-state index in [0.29, 0.717) is 41.7 Å². The molecule has 0 bridgehead atoms. The summed E-state index contributed by atoms with van der Waals surface area (Å²) >= 11 is 0. The predicted octanol–water partition coefficient (Wildman–Crippen LogP) is 3.78. The van der Waals surface area contributed by atoms with Crippen molar-refractivity contribution in [2.24, 2.45) is 39.7 Å². The molecule has 0 aromatic rings. The summed E-state index contributed by atoms with van der Waals surface area (Å²) in [6, 6.07) is 0. The van der Waals surface area contributed by atoms with Crippen molar-refractivity contribution in [3.8, 4) is 0 Å². The maximum Gasteiger partial charge on any atom is 0.139 e. The Hall–Kier alpha value is -1.19. The van der Waals surface area contributed by atoms with Gasteiger partial charge in [0.25, 0.3) is 0 Å². The summed E-state index contributed by atoms with van der Waals surface area (Å²) in [5, 5.41) is 4.43. The van der Waals surface area contributed by atoms with E-state index < -0.39 is 0 Å². The summed E-state index contributed by atoms with van der Waals surface area (Å²) in [7, 11) is 1.61. The number of nitrogens with zero attached hydrogens (tertiary/aromatic N) is 1. The number of ketones is 2. The molecule has 4 nitrogen and oxygen atoms in total. The van der Waals surface area contributed by atoms with Gasteiger partial charge >= 0.3 is 0 Å². The lowest BCUT2D eigenvalue weighted by molar-refractivity contribution is -0.135. The van der Waals surface area contributed by atoms with Gasteiger partial charge < -0.3 is 4.84 Å². The molecule has 4 rings (SSSR count). The Morgan fingerprint density at radius 1 is 1.04 bits per heavy atom. The average molecular weight is 331 g/mol. The van der Waals surface area contributed by atoms with Crippen LogP contribution in [-0.2, 0) is 14.4 Å². The molecule has 4 aliphatic carbocycles. The van der Waals surface area contributed by atoms with Crippen molar-refractivity contribution in [1.82, 2.24) is 0 Å². The lowest BCUT2D eigenvalue weighted by Crippen LogP contribution is -2.57. The minimum Gasteiger partial charge on any atom is -0.399 e. The summed E-state index contributed by atoms with van der Waals surface area (Å²) < 4.78 is 0. The molecule has 0 unspecified atom stereocenters. The van der Waals surface area contributed by atoms with Gasteiger partial charge in [-0.25, -0.2) is 0 Å². The van der Waals surface area contributed by atoms with Crippen molar-refractivity contribution in [3.63, 3.8) is 0 Å². The second-order valence-corrected chi connectivity index (χ2v) is 9.07. The molecule has 0 aromatic carbocycles. The zero-order chi connectivity index (χ0) is 17.1. The number of rotatable bonds is 1. The van der Waals surface area contributed by atoms with E-state index in [1.807, 2.05) is 0 Å². The van der Waals surface area contributed by atoms with Gasteiger partial charge in [-0.2, -0.15) is 0 Å². The molecule has 0 radical (unpaired) electrons. The summed E-state index contributed by atoms with van der Waals surface area (Å²) in [4.78, 5) is 29.8. The van der Waals surface area contributed by atoms with Crippen LogP contribution < -0.4 is 0 Å². The van der Waals surface area contributed by atoms with Gasteiger partial charge in [0.15, 0.2) is 0 Å². The van der Waals surface area contributed by atoms with Gasteiger partial charge in [-0.3, -0.25) is 9.59 Å². The molecule has 0 amide bonds. The Labute approximate surface area is 144 Å². The fraction of sp³-hybridized carbons (Fsp3) is 0.850. The van der Waals surface area contributed by atoms with Crippen LogP contribution in [0.4, 0.5) is 0 Å². The van der Waals surface area contributed by atoms with Crippen molar-refractivity contribution < 1.29 is 14.4 Å². The molecule has 0 saturated heterocycles. The number of carbonyl (C=O) groups excluding carboxylic acids is 2. The highest BCUT2D eigenvalue weighted by molar-refractivity contribution is 5.93. The maximum absolute atomic E-state index is 12.6. The largest absolute Gasteiger partial charge is 0.399 e. The number of carbonyl (C=O) groups is 2. The van der Waals surface area contributed by atoms with Crippen LogP contribution in [0.3, 0.4) is 0 Å². The highest BCUT2D eigenvalue weighted by atomic mass is 16.6. The van der Waals surface area contributed by atoms with Crippen LogP contribution in [0.1, 0.15) is 65.2 Å².